The molecule has 114 valence electrons. The van der Waals surface area contributed by atoms with E-state index in [1.165, 1.54) is 6.92 Å². The minimum Gasteiger partial charge on any atom is -0.349 e. The van der Waals surface area contributed by atoms with Crippen molar-refractivity contribution in [3.63, 3.8) is 0 Å². The van der Waals surface area contributed by atoms with Crippen molar-refractivity contribution in [2.75, 3.05) is 5.32 Å². The number of halogens is 1. The molecule has 2 aromatic rings. The highest BCUT2D eigenvalue weighted by Gasteiger charge is 2.16. The molecule has 0 aromatic heterocycles. The quantitative estimate of drug-likeness (QED) is 0.854. The molecule has 2 aromatic carbocycles. The average molecular weight is 361 g/mol. The third kappa shape index (κ3) is 5.00. The normalized spacial score (nSPS) is 11.5. The lowest BCUT2D eigenvalue weighted by atomic mass is 10.0. The van der Waals surface area contributed by atoms with Crippen LogP contribution in [0.15, 0.2) is 59.1 Å². The highest BCUT2D eigenvalue weighted by Crippen LogP contribution is 2.19. The van der Waals surface area contributed by atoms with Crippen LogP contribution in [0.3, 0.4) is 0 Å². The van der Waals surface area contributed by atoms with Gasteiger partial charge in [-0.3, -0.25) is 9.59 Å². The molecule has 0 aliphatic heterocycles. The Balaban J connectivity index is 2.04. The summed E-state index contributed by atoms with van der Waals surface area (Å²) in [6.45, 7) is 1.45. The summed E-state index contributed by atoms with van der Waals surface area (Å²) in [5.41, 5.74) is 1.63. The van der Waals surface area contributed by atoms with E-state index in [1.807, 2.05) is 54.6 Å². The van der Waals surface area contributed by atoms with E-state index >= 15 is 0 Å². The van der Waals surface area contributed by atoms with Crippen molar-refractivity contribution in [2.24, 2.45) is 0 Å². The fraction of sp³-hybridized carbons (Fsp3) is 0.176. The lowest BCUT2D eigenvalue weighted by Gasteiger charge is -2.18. The first kappa shape index (κ1) is 16.2. The van der Waals surface area contributed by atoms with Gasteiger partial charge >= 0.3 is 0 Å². The van der Waals surface area contributed by atoms with Crippen LogP contribution in [0.2, 0.25) is 0 Å². The van der Waals surface area contributed by atoms with Crippen molar-refractivity contribution < 1.29 is 9.59 Å². The number of anilines is 1. The second-order valence-corrected chi connectivity index (χ2v) is 5.84. The molecule has 0 radical (unpaired) electrons. The minimum atomic E-state index is -0.339. The third-order valence-corrected chi connectivity index (χ3v) is 3.63. The Kier molecular flexibility index (Phi) is 5.72. The minimum absolute atomic E-state index is 0.148. The Morgan fingerprint density at radius 2 is 1.68 bits per heavy atom. The zero-order chi connectivity index (χ0) is 15.9. The molecule has 0 heterocycles. The highest BCUT2D eigenvalue weighted by molar-refractivity contribution is 9.10. The van der Waals surface area contributed by atoms with Crippen LogP contribution in [0.1, 0.15) is 24.9 Å². The van der Waals surface area contributed by atoms with Gasteiger partial charge < -0.3 is 10.6 Å². The van der Waals surface area contributed by atoms with Gasteiger partial charge in [0.05, 0.1) is 12.5 Å². The first-order chi connectivity index (χ1) is 10.5. The number of rotatable bonds is 5. The number of amides is 2. The second kappa shape index (κ2) is 7.75. The first-order valence-corrected chi connectivity index (χ1v) is 7.71. The predicted molar refractivity (Wildman–Crippen MR) is 90.4 cm³/mol. The lowest BCUT2D eigenvalue weighted by molar-refractivity contribution is -0.120. The van der Waals surface area contributed by atoms with Gasteiger partial charge in [-0.15, -0.1) is 0 Å². The van der Waals surface area contributed by atoms with Gasteiger partial charge in [0.25, 0.3) is 0 Å². The molecule has 0 aliphatic rings. The lowest BCUT2D eigenvalue weighted by Crippen LogP contribution is -2.29. The fourth-order valence-corrected chi connectivity index (χ4v) is 2.38. The molecule has 0 spiro atoms. The summed E-state index contributed by atoms with van der Waals surface area (Å²) >= 11 is 3.35. The zero-order valence-electron chi connectivity index (χ0n) is 12.2. The van der Waals surface area contributed by atoms with Crippen LogP contribution >= 0.6 is 15.9 Å². The van der Waals surface area contributed by atoms with Gasteiger partial charge in [-0.1, -0.05) is 46.3 Å². The van der Waals surface area contributed by atoms with Gasteiger partial charge in [-0.05, 0) is 29.8 Å². The van der Waals surface area contributed by atoms with Crippen molar-refractivity contribution in [1.82, 2.24) is 5.32 Å². The van der Waals surface area contributed by atoms with Crippen molar-refractivity contribution >= 4 is 33.4 Å². The molecule has 2 amide bonds. The molecular weight excluding hydrogens is 344 g/mol. The predicted octanol–water partition coefficient (Wildman–Crippen LogP) is 3.66. The van der Waals surface area contributed by atoms with Crippen LogP contribution in [-0.4, -0.2) is 11.8 Å². The molecule has 22 heavy (non-hydrogen) atoms. The topological polar surface area (TPSA) is 58.2 Å². The Bertz CT molecular complexity index is 641. The van der Waals surface area contributed by atoms with Crippen molar-refractivity contribution in [3.05, 3.63) is 64.6 Å². The summed E-state index contributed by atoms with van der Waals surface area (Å²) < 4.78 is 0.950. The van der Waals surface area contributed by atoms with Gasteiger partial charge in [0.1, 0.15) is 0 Å². The van der Waals surface area contributed by atoms with Crippen LogP contribution in [0.25, 0.3) is 0 Å². The highest BCUT2D eigenvalue weighted by atomic mass is 79.9. The van der Waals surface area contributed by atoms with Crippen LogP contribution in [0, 0.1) is 0 Å². The maximum atomic E-state index is 12.2. The summed E-state index contributed by atoms with van der Waals surface area (Å²) in [5.74, 6) is -0.310. The van der Waals surface area contributed by atoms with Gasteiger partial charge in [-0.2, -0.15) is 0 Å². The Labute approximate surface area is 138 Å². The van der Waals surface area contributed by atoms with E-state index in [4.69, 9.17) is 0 Å². The van der Waals surface area contributed by atoms with Crippen LogP contribution in [0.4, 0.5) is 5.69 Å². The Morgan fingerprint density at radius 3 is 2.27 bits per heavy atom. The van der Waals surface area contributed by atoms with Crippen LogP contribution in [-0.2, 0) is 9.59 Å². The maximum absolute atomic E-state index is 12.2. The SMILES string of the molecule is CC(=O)NC(CC(=O)Nc1ccc(Br)cc1)c1ccccc1. The number of carbonyl (C=O) groups excluding carboxylic acids is 2. The molecule has 1 atom stereocenters. The molecule has 0 saturated carbocycles. The zero-order valence-corrected chi connectivity index (χ0v) is 13.8. The molecule has 0 aliphatic carbocycles. The van der Waals surface area contributed by atoms with Crippen LogP contribution < -0.4 is 10.6 Å². The number of benzene rings is 2. The van der Waals surface area contributed by atoms with Gasteiger partial charge in [0.2, 0.25) is 11.8 Å². The molecule has 0 fully saturated rings. The fourth-order valence-electron chi connectivity index (χ4n) is 2.11. The second-order valence-electron chi connectivity index (χ2n) is 4.92. The van der Waals surface area contributed by atoms with Crippen molar-refractivity contribution in [2.45, 2.75) is 19.4 Å². The van der Waals surface area contributed by atoms with E-state index < -0.39 is 0 Å². The molecule has 0 saturated heterocycles. The average Bonchev–Trinajstić information content (AvgIpc) is 2.49. The summed E-state index contributed by atoms with van der Waals surface area (Å²) in [6.07, 6.45) is 0.180. The molecule has 2 rings (SSSR count). The van der Waals surface area contributed by atoms with Crippen LogP contribution in [0.5, 0.6) is 0 Å². The van der Waals surface area contributed by atoms with E-state index in [9.17, 15) is 9.59 Å². The van der Waals surface area contributed by atoms with E-state index in [2.05, 4.69) is 26.6 Å². The largest absolute Gasteiger partial charge is 0.349 e. The summed E-state index contributed by atoms with van der Waals surface area (Å²) in [6, 6.07) is 16.5. The Hall–Kier alpha value is -2.14. The van der Waals surface area contributed by atoms with E-state index in [0.29, 0.717) is 0 Å². The molecule has 0 bridgehead atoms. The van der Waals surface area contributed by atoms with Gasteiger partial charge in [0, 0.05) is 17.1 Å². The molecule has 4 nitrogen and oxygen atoms in total. The van der Waals surface area contributed by atoms with E-state index in [1.54, 1.807) is 0 Å². The van der Waals surface area contributed by atoms with Crippen molar-refractivity contribution in [3.8, 4) is 0 Å². The number of carbonyl (C=O) groups is 2. The summed E-state index contributed by atoms with van der Waals surface area (Å²) in [5, 5.41) is 5.65. The number of hydrogen-bond acceptors (Lipinski definition) is 2. The standard InChI is InChI=1S/C17H17BrN2O2/c1-12(21)19-16(13-5-3-2-4-6-13)11-17(22)20-15-9-7-14(18)8-10-15/h2-10,16H,11H2,1H3,(H,19,21)(H,20,22). The van der Waals surface area contributed by atoms with Gasteiger partial charge in [0.15, 0.2) is 0 Å². The first-order valence-electron chi connectivity index (χ1n) is 6.92. The molecular formula is C17H17BrN2O2. The molecule has 2 N–H and O–H groups in total. The monoisotopic (exact) mass is 360 g/mol. The summed E-state index contributed by atoms with van der Waals surface area (Å²) in [4.78, 5) is 23.5. The smallest absolute Gasteiger partial charge is 0.226 e. The number of nitrogens with one attached hydrogen (secondary N) is 2. The summed E-state index contributed by atoms with van der Waals surface area (Å²) in [7, 11) is 0. The Morgan fingerprint density at radius 1 is 1.05 bits per heavy atom. The maximum Gasteiger partial charge on any atom is 0.226 e. The molecule has 5 heteroatoms. The number of hydrogen-bond donors (Lipinski definition) is 2. The molecule has 1 unspecified atom stereocenters. The van der Waals surface area contributed by atoms with E-state index in [-0.39, 0.29) is 24.3 Å². The third-order valence-electron chi connectivity index (χ3n) is 3.10. The van der Waals surface area contributed by atoms with E-state index in [0.717, 1.165) is 15.7 Å². The van der Waals surface area contributed by atoms with Gasteiger partial charge in [-0.25, -0.2) is 0 Å². The van der Waals surface area contributed by atoms with Crippen molar-refractivity contribution in [1.29, 1.82) is 0 Å².